The van der Waals surface area contributed by atoms with Crippen LogP contribution in [0.4, 0.5) is 0 Å². The summed E-state index contributed by atoms with van der Waals surface area (Å²) in [4.78, 5) is 15.9. The molecule has 0 bridgehead atoms. The molecule has 1 atom stereocenters. The monoisotopic (exact) mass is 303 g/mol. The molecule has 1 amide bonds. The van der Waals surface area contributed by atoms with Crippen molar-refractivity contribution in [3.8, 4) is 17.1 Å². The molecule has 0 aliphatic rings. The Balaban J connectivity index is 1.85. The van der Waals surface area contributed by atoms with Gasteiger partial charge in [0.15, 0.2) is 6.61 Å². The van der Waals surface area contributed by atoms with Gasteiger partial charge in [0.2, 0.25) is 11.7 Å². The first kappa shape index (κ1) is 16.0. The molecule has 118 valence electrons. The van der Waals surface area contributed by atoms with Gasteiger partial charge >= 0.3 is 0 Å². The van der Waals surface area contributed by atoms with Gasteiger partial charge in [-0.2, -0.15) is 4.98 Å². The summed E-state index contributed by atoms with van der Waals surface area (Å²) in [6, 6.07) is 7.40. The summed E-state index contributed by atoms with van der Waals surface area (Å²) in [6.07, 6.45) is 2.00. The van der Waals surface area contributed by atoms with E-state index in [1.807, 2.05) is 19.1 Å². The smallest absolute Gasteiger partial charge is 0.258 e. The highest BCUT2D eigenvalue weighted by Gasteiger charge is 2.08. The zero-order valence-electron chi connectivity index (χ0n) is 13.1. The summed E-state index contributed by atoms with van der Waals surface area (Å²) in [7, 11) is 0. The lowest BCUT2D eigenvalue weighted by molar-refractivity contribution is -0.123. The molecule has 0 radical (unpaired) electrons. The quantitative estimate of drug-likeness (QED) is 0.851. The van der Waals surface area contributed by atoms with E-state index in [0.29, 0.717) is 17.5 Å². The average Bonchev–Trinajstić information content (AvgIpc) is 2.92. The van der Waals surface area contributed by atoms with E-state index in [-0.39, 0.29) is 18.6 Å². The Morgan fingerprint density at radius 3 is 2.68 bits per heavy atom. The highest BCUT2D eigenvalue weighted by molar-refractivity contribution is 5.77. The molecule has 2 rings (SSSR count). The first-order valence-corrected chi connectivity index (χ1v) is 7.41. The van der Waals surface area contributed by atoms with Gasteiger partial charge in [-0.25, -0.2) is 0 Å². The number of nitrogens with one attached hydrogen (secondary N) is 1. The summed E-state index contributed by atoms with van der Waals surface area (Å²) in [5, 5.41) is 6.74. The minimum Gasteiger partial charge on any atom is -0.484 e. The number of hydrogen-bond acceptors (Lipinski definition) is 5. The van der Waals surface area contributed by atoms with E-state index in [1.165, 1.54) is 0 Å². The zero-order chi connectivity index (χ0) is 15.9. The highest BCUT2D eigenvalue weighted by Crippen LogP contribution is 2.19. The molecule has 0 saturated heterocycles. The maximum Gasteiger partial charge on any atom is 0.258 e. The van der Waals surface area contributed by atoms with Crippen LogP contribution in [0.15, 0.2) is 28.8 Å². The van der Waals surface area contributed by atoms with E-state index < -0.39 is 0 Å². The van der Waals surface area contributed by atoms with Crippen molar-refractivity contribution in [1.82, 2.24) is 15.5 Å². The van der Waals surface area contributed by atoms with Crippen molar-refractivity contribution >= 4 is 5.91 Å². The van der Waals surface area contributed by atoms with Crippen LogP contribution in [0.25, 0.3) is 11.4 Å². The summed E-state index contributed by atoms with van der Waals surface area (Å²) in [5.41, 5.74) is 0.838. The number of ether oxygens (including phenoxy) is 1. The van der Waals surface area contributed by atoms with Crippen LogP contribution in [0.3, 0.4) is 0 Å². The first-order chi connectivity index (χ1) is 10.6. The molecule has 6 nitrogen and oxygen atoms in total. The van der Waals surface area contributed by atoms with E-state index >= 15 is 0 Å². The third-order valence-electron chi connectivity index (χ3n) is 3.14. The van der Waals surface area contributed by atoms with E-state index in [4.69, 9.17) is 9.26 Å². The number of aromatic nitrogens is 2. The Kier molecular flexibility index (Phi) is 5.52. The van der Waals surface area contributed by atoms with Crippen molar-refractivity contribution in [2.24, 2.45) is 0 Å². The van der Waals surface area contributed by atoms with E-state index in [9.17, 15) is 4.79 Å². The molecule has 1 aromatic carbocycles. The fraction of sp³-hybridized carbons (Fsp3) is 0.438. The third kappa shape index (κ3) is 4.58. The van der Waals surface area contributed by atoms with Crippen LogP contribution in [-0.2, 0) is 4.79 Å². The molecule has 0 fully saturated rings. The number of benzene rings is 1. The molecule has 1 N–H and O–H groups in total. The first-order valence-electron chi connectivity index (χ1n) is 7.41. The summed E-state index contributed by atoms with van der Waals surface area (Å²) in [6.45, 7) is 5.83. The number of carbonyl (C=O) groups is 1. The normalized spacial score (nSPS) is 12.0. The van der Waals surface area contributed by atoms with Gasteiger partial charge in [-0.15, -0.1) is 0 Å². The van der Waals surface area contributed by atoms with Crippen LogP contribution in [-0.4, -0.2) is 28.7 Å². The largest absolute Gasteiger partial charge is 0.484 e. The van der Waals surface area contributed by atoms with Gasteiger partial charge in [-0.3, -0.25) is 4.79 Å². The van der Waals surface area contributed by atoms with Gasteiger partial charge in [0.1, 0.15) is 5.75 Å². The maximum atomic E-state index is 11.7. The predicted octanol–water partition coefficient (Wildman–Crippen LogP) is 2.73. The van der Waals surface area contributed by atoms with Gasteiger partial charge in [0, 0.05) is 18.5 Å². The number of nitrogens with zero attached hydrogens (tertiary/aromatic N) is 2. The molecular weight excluding hydrogens is 282 g/mol. The summed E-state index contributed by atoms with van der Waals surface area (Å²) < 4.78 is 10.4. The number of aryl methyl sites for hydroxylation is 1. The van der Waals surface area contributed by atoms with Gasteiger partial charge in [-0.1, -0.05) is 18.5 Å². The molecule has 0 aliphatic heterocycles. The van der Waals surface area contributed by atoms with Crippen LogP contribution in [0.1, 0.15) is 32.6 Å². The molecule has 2 aromatic rings. The minimum absolute atomic E-state index is 0.00865. The Hall–Kier alpha value is -2.37. The lowest BCUT2D eigenvalue weighted by Crippen LogP contribution is -2.35. The second-order valence-corrected chi connectivity index (χ2v) is 5.21. The Morgan fingerprint density at radius 1 is 1.36 bits per heavy atom. The number of hydrogen-bond donors (Lipinski definition) is 1. The zero-order valence-corrected chi connectivity index (χ0v) is 13.1. The van der Waals surface area contributed by atoms with Crippen molar-refractivity contribution in [2.45, 2.75) is 39.7 Å². The Labute approximate surface area is 129 Å². The lowest BCUT2D eigenvalue weighted by Gasteiger charge is -2.13. The van der Waals surface area contributed by atoms with E-state index in [0.717, 1.165) is 18.4 Å². The fourth-order valence-corrected chi connectivity index (χ4v) is 2.09. The Morgan fingerprint density at radius 2 is 2.09 bits per heavy atom. The van der Waals surface area contributed by atoms with E-state index in [1.54, 1.807) is 19.1 Å². The van der Waals surface area contributed by atoms with Crippen molar-refractivity contribution in [2.75, 3.05) is 6.61 Å². The molecule has 0 saturated carbocycles. The van der Waals surface area contributed by atoms with Gasteiger partial charge in [0.05, 0.1) is 0 Å². The summed E-state index contributed by atoms with van der Waals surface area (Å²) in [5.74, 6) is 1.57. The highest BCUT2D eigenvalue weighted by atomic mass is 16.5. The number of rotatable bonds is 7. The van der Waals surface area contributed by atoms with E-state index in [2.05, 4.69) is 22.4 Å². The molecule has 22 heavy (non-hydrogen) atoms. The van der Waals surface area contributed by atoms with Crippen molar-refractivity contribution < 1.29 is 14.1 Å². The SMILES string of the molecule is CCC[C@H](C)NC(=O)COc1ccc(-c2noc(C)n2)cc1. The van der Waals surface area contributed by atoms with Crippen LogP contribution in [0.2, 0.25) is 0 Å². The summed E-state index contributed by atoms with van der Waals surface area (Å²) >= 11 is 0. The van der Waals surface area contributed by atoms with Crippen LogP contribution < -0.4 is 10.1 Å². The molecule has 1 heterocycles. The molecule has 1 aromatic heterocycles. The lowest BCUT2D eigenvalue weighted by atomic mass is 10.2. The van der Waals surface area contributed by atoms with Gasteiger partial charge < -0.3 is 14.6 Å². The predicted molar refractivity (Wildman–Crippen MR) is 82.5 cm³/mol. The molecule has 0 unspecified atom stereocenters. The number of amides is 1. The van der Waals surface area contributed by atoms with Gasteiger partial charge in [-0.05, 0) is 37.6 Å². The maximum absolute atomic E-state index is 11.7. The topological polar surface area (TPSA) is 77.2 Å². The second-order valence-electron chi connectivity index (χ2n) is 5.21. The van der Waals surface area contributed by atoms with Crippen molar-refractivity contribution in [3.05, 3.63) is 30.2 Å². The van der Waals surface area contributed by atoms with Crippen LogP contribution in [0.5, 0.6) is 5.75 Å². The fourth-order valence-electron chi connectivity index (χ4n) is 2.09. The van der Waals surface area contributed by atoms with Gasteiger partial charge in [0.25, 0.3) is 5.91 Å². The molecular formula is C16H21N3O3. The molecule has 6 heteroatoms. The third-order valence-corrected chi connectivity index (χ3v) is 3.14. The van der Waals surface area contributed by atoms with Crippen LogP contribution >= 0.6 is 0 Å². The second kappa shape index (κ2) is 7.59. The van der Waals surface area contributed by atoms with Crippen molar-refractivity contribution in [3.63, 3.8) is 0 Å². The Bertz CT molecular complexity index is 607. The number of carbonyl (C=O) groups excluding carboxylic acids is 1. The van der Waals surface area contributed by atoms with Crippen LogP contribution in [0, 0.1) is 6.92 Å². The average molecular weight is 303 g/mol. The standard InChI is InChI=1S/C16H21N3O3/c1-4-5-11(2)17-15(20)10-21-14-8-6-13(7-9-14)16-18-12(3)22-19-16/h6-9,11H,4-5,10H2,1-3H3,(H,17,20)/t11-/m0/s1. The molecule has 0 spiro atoms. The van der Waals surface area contributed by atoms with Crippen molar-refractivity contribution in [1.29, 1.82) is 0 Å². The minimum atomic E-state index is -0.112. The molecule has 0 aliphatic carbocycles.